The Hall–Kier alpha value is -1.14. The van der Waals surface area contributed by atoms with Gasteiger partial charge in [0.05, 0.1) is 11.5 Å². The Morgan fingerprint density at radius 2 is 2.33 bits per heavy atom. The molecule has 80 valence electrons. The summed E-state index contributed by atoms with van der Waals surface area (Å²) in [7, 11) is 0. The third kappa shape index (κ3) is 1.70. The second kappa shape index (κ2) is 3.79. The van der Waals surface area contributed by atoms with Crippen LogP contribution in [0.25, 0.3) is 0 Å². The van der Waals surface area contributed by atoms with Crippen molar-refractivity contribution in [2.45, 2.75) is 12.5 Å². The first kappa shape index (κ1) is 10.4. The van der Waals surface area contributed by atoms with Crippen LogP contribution in [0.5, 0.6) is 5.75 Å². The maximum absolute atomic E-state index is 10.8. The number of nitrogens with two attached hydrogens (primary N) is 1. The maximum Gasteiger partial charge on any atom is 0.311 e. The summed E-state index contributed by atoms with van der Waals surface area (Å²) in [6.45, 7) is 0.422. The molecule has 0 aliphatic carbocycles. The van der Waals surface area contributed by atoms with Crippen LogP contribution in [0, 0.1) is 10.1 Å². The fourth-order valence-corrected chi connectivity index (χ4v) is 2.24. The number of halogens is 1. The molecule has 0 amide bonds. The van der Waals surface area contributed by atoms with Crippen molar-refractivity contribution in [1.82, 2.24) is 0 Å². The first-order valence-electron chi connectivity index (χ1n) is 4.46. The number of benzene rings is 1. The van der Waals surface area contributed by atoms with E-state index in [9.17, 15) is 10.1 Å². The summed E-state index contributed by atoms with van der Waals surface area (Å²) in [6, 6.07) is 2.84. The highest BCUT2D eigenvalue weighted by Crippen LogP contribution is 2.42. The topological polar surface area (TPSA) is 78.4 Å². The molecule has 2 N–H and O–H groups in total. The highest BCUT2D eigenvalue weighted by molar-refractivity contribution is 9.10. The van der Waals surface area contributed by atoms with Gasteiger partial charge in [-0.05, 0) is 6.07 Å². The van der Waals surface area contributed by atoms with Gasteiger partial charge in [-0.2, -0.15) is 0 Å². The van der Waals surface area contributed by atoms with Crippen LogP contribution in [0.1, 0.15) is 18.0 Å². The van der Waals surface area contributed by atoms with Gasteiger partial charge >= 0.3 is 5.69 Å². The van der Waals surface area contributed by atoms with Gasteiger partial charge < -0.3 is 10.5 Å². The van der Waals surface area contributed by atoms with Crippen molar-refractivity contribution >= 4 is 21.6 Å². The molecule has 0 bridgehead atoms. The van der Waals surface area contributed by atoms with E-state index in [1.54, 1.807) is 6.07 Å². The van der Waals surface area contributed by atoms with E-state index < -0.39 is 4.92 Å². The Balaban J connectivity index is 2.63. The number of fused-ring (bicyclic) bond motifs is 1. The van der Waals surface area contributed by atoms with Crippen molar-refractivity contribution in [3.05, 3.63) is 32.3 Å². The van der Waals surface area contributed by atoms with Gasteiger partial charge in [0.1, 0.15) is 0 Å². The lowest BCUT2D eigenvalue weighted by atomic mass is 10.0. The largest absolute Gasteiger partial charge is 0.486 e. The van der Waals surface area contributed by atoms with Crippen molar-refractivity contribution < 1.29 is 9.66 Å². The van der Waals surface area contributed by atoms with E-state index >= 15 is 0 Å². The molecule has 0 saturated heterocycles. The summed E-state index contributed by atoms with van der Waals surface area (Å²) in [5.74, 6) is 0.299. The number of ether oxygens (including phenoxy) is 1. The minimum atomic E-state index is -0.455. The molecule has 1 heterocycles. The second-order valence-electron chi connectivity index (χ2n) is 3.31. The standard InChI is InChI=1S/C9H9BrN2O3/c10-5-1-2-7(12(13)14)9-8(5)6(11)3-4-15-9/h1-2,6H,3-4,11H2/t6-/m0/s1. The first-order chi connectivity index (χ1) is 7.11. The molecular formula is C9H9BrN2O3. The van der Waals surface area contributed by atoms with Gasteiger partial charge in [-0.15, -0.1) is 0 Å². The molecule has 6 heteroatoms. The minimum absolute atomic E-state index is 0.0247. The van der Waals surface area contributed by atoms with Crippen LogP contribution in [0.3, 0.4) is 0 Å². The highest BCUT2D eigenvalue weighted by Gasteiger charge is 2.28. The van der Waals surface area contributed by atoms with Gasteiger partial charge in [0.25, 0.3) is 0 Å². The summed E-state index contributed by atoms with van der Waals surface area (Å²) in [5.41, 5.74) is 6.55. The summed E-state index contributed by atoms with van der Waals surface area (Å²) in [6.07, 6.45) is 0.673. The second-order valence-corrected chi connectivity index (χ2v) is 4.16. The monoisotopic (exact) mass is 272 g/mol. The van der Waals surface area contributed by atoms with E-state index in [0.29, 0.717) is 24.3 Å². The van der Waals surface area contributed by atoms with Gasteiger partial charge in [-0.25, -0.2) is 0 Å². The molecule has 5 nitrogen and oxygen atoms in total. The fraction of sp³-hybridized carbons (Fsp3) is 0.333. The molecule has 1 aliphatic heterocycles. The molecule has 0 fully saturated rings. The van der Waals surface area contributed by atoms with Crippen LogP contribution in [0.2, 0.25) is 0 Å². The van der Waals surface area contributed by atoms with E-state index in [4.69, 9.17) is 10.5 Å². The number of hydrogen-bond acceptors (Lipinski definition) is 4. The fourth-order valence-electron chi connectivity index (χ4n) is 1.64. The lowest BCUT2D eigenvalue weighted by Gasteiger charge is -2.23. The number of rotatable bonds is 1. The molecule has 0 spiro atoms. The Labute approximate surface area is 94.5 Å². The highest BCUT2D eigenvalue weighted by atomic mass is 79.9. The molecule has 2 rings (SSSR count). The maximum atomic E-state index is 10.8. The van der Waals surface area contributed by atoms with E-state index in [1.807, 2.05) is 0 Å². The van der Waals surface area contributed by atoms with Gasteiger partial charge in [0, 0.05) is 28.6 Å². The van der Waals surface area contributed by atoms with Crippen molar-refractivity contribution in [2.24, 2.45) is 5.73 Å². The Kier molecular flexibility index (Phi) is 2.62. The zero-order valence-electron chi connectivity index (χ0n) is 7.77. The molecule has 1 aromatic rings. The normalized spacial score (nSPS) is 19.2. The van der Waals surface area contributed by atoms with E-state index in [-0.39, 0.29) is 11.7 Å². The van der Waals surface area contributed by atoms with Crippen LogP contribution < -0.4 is 10.5 Å². The van der Waals surface area contributed by atoms with Crippen molar-refractivity contribution in [1.29, 1.82) is 0 Å². The summed E-state index contributed by atoms with van der Waals surface area (Å²) < 4.78 is 6.08. The SMILES string of the molecule is N[C@H]1CCOc2c([N+](=O)[O-])ccc(Br)c21. The van der Waals surface area contributed by atoms with Crippen LogP contribution >= 0.6 is 15.9 Å². The van der Waals surface area contributed by atoms with Crippen molar-refractivity contribution in [3.63, 3.8) is 0 Å². The molecule has 0 unspecified atom stereocenters. The smallest absolute Gasteiger partial charge is 0.311 e. The molecule has 1 atom stereocenters. The zero-order valence-corrected chi connectivity index (χ0v) is 9.36. The first-order valence-corrected chi connectivity index (χ1v) is 5.25. The van der Waals surface area contributed by atoms with Crippen LogP contribution in [-0.2, 0) is 0 Å². The summed E-state index contributed by atoms with van der Waals surface area (Å²) in [4.78, 5) is 10.3. The Bertz CT molecular complexity index is 422. The van der Waals surface area contributed by atoms with Gasteiger partial charge in [-0.3, -0.25) is 10.1 Å². The molecule has 15 heavy (non-hydrogen) atoms. The Morgan fingerprint density at radius 3 is 3.00 bits per heavy atom. The van der Waals surface area contributed by atoms with Gasteiger partial charge in [-0.1, -0.05) is 15.9 Å². The lowest BCUT2D eigenvalue weighted by Crippen LogP contribution is -2.21. The molecule has 0 saturated carbocycles. The molecule has 0 aromatic heterocycles. The van der Waals surface area contributed by atoms with Crippen LogP contribution in [0.15, 0.2) is 16.6 Å². The van der Waals surface area contributed by atoms with E-state index in [1.165, 1.54) is 6.07 Å². The average Bonchev–Trinajstić information content (AvgIpc) is 2.17. The lowest BCUT2D eigenvalue weighted by molar-refractivity contribution is -0.386. The molecular weight excluding hydrogens is 264 g/mol. The van der Waals surface area contributed by atoms with Crippen LogP contribution in [-0.4, -0.2) is 11.5 Å². The van der Waals surface area contributed by atoms with Crippen LogP contribution in [0.4, 0.5) is 5.69 Å². The zero-order chi connectivity index (χ0) is 11.0. The quantitative estimate of drug-likeness (QED) is 0.628. The number of nitrogens with zero attached hydrogens (tertiary/aromatic N) is 1. The van der Waals surface area contributed by atoms with Crippen molar-refractivity contribution in [2.75, 3.05) is 6.61 Å². The third-order valence-electron chi connectivity index (χ3n) is 2.36. The van der Waals surface area contributed by atoms with E-state index in [0.717, 1.165) is 4.47 Å². The number of nitro benzene ring substituents is 1. The number of nitro groups is 1. The average molecular weight is 273 g/mol. The van der Waals surface area contributed by atoms with Gasteiger partial charge in [0.15, 0.2) is 0 Å². The predicted molar refractivity (Wildman–Crippen MR) is 57.8 cm³/mol. The summed E-state index contributed by atoms with van der Waals surface area (Å²) >= 11 is 3.32. The summed E-state index contributed by atoms with van der Waals surface area (Å²) in [5, 5.41) is 10.8. The predicted octanol–water partition coefficient (Wildman–Crippen LogP) is 2.14. The van der Waals surface area contributed by atoms with Crippen molar-refractivity contribution in [3.8, 4) is 5.75 Å². The van der Waals surface area contributed by atoms with Gasteiger partial charge in [0.2, 0.25) is 5.75 Å². The molecule has 0 radical (unpaired) electrons. The van der Waals surface area contributed by atoms with E-state index in [2.05, 4.69) is 15.9 Å². The Morgan fingerprint density at radius 1 is 1.60 bits per heavy atom. The third-order valence-corrected chi connectivity index (χ3v) is 3.06. The number of hydrogen-bond donors (Lipinski definition) is 1. The molecule has 1 aliphatic rings. The molecule has 1 aromatic carbocycles. The minimum Gasteiger partial charge on any atom is -0.486 e.